The second-order valence-electron chi connectivity index (χ2n) is 3.86. The van der Waals surface area contributed by atoms with Crippen LogP contribution < -0.4 is 0 Å². The van der Waals surface area contributed by atoms with Gasteiger partial charge in [-0.05, 0) is 46.3 Å². The highest BCUT2D eigenvalue weighted by molar-refractivity contribution is 9.10. The molecule has 0 spiro atoms. The summed E-state index contributed by atoms with van der Waals surface area (Å²) in [4.78, 5) is 13.6. The molecule has 0 saturated carbocycles. The maximum Gasteiger partial charge on any atom is 0.255 e. The smallest absolute Gasteiger partial charge is 0.255 e. The molecule has 1 aromatic heterocycles. The average molecular weight is 312 g/mol. The molecule has 0 saturated heterocycles. The highest BCUT2D eigenvalue weighted by atomic mass is 79.9. The Morgan fingerprint density at radius 3 is 2.89 bits per heavy atom. The number of nitrogens with zero attached hydrogens (tertiary/aromatic N) is 1. The zero-order chi connectivity index (χ0) is 13.1. The van der Waals surface area contributed by atoms with Gasteiger partial charge in [0, 0.05) is 11.5 Å². The predicted octanol–water partition coefficient (Wildman–Crippen LogP) is 3.45. The largest absolute Gasteiger partial charge is 0.467 e. The number of hydrogen-bond donors (Lipinski definition) is 0. The summed E-state index contributed by atoms with van der Waals surface area (Å²) in [7, 11) is 1.64. The molecule has 2 rings (SSSR count). The fourth-order valence-electron chi connectivity index (χ4n) is 1.58. The highest BCUT2D eigenvalue weighted by Gasteiger charge is 2.16. The summed E-state index contributed by atoms with van der Waals surface area (Å²) >= 11 is 3.24. The van der Waals surface area contributed by atoms with Gasteiger partial charge in [0.1, 0.15) is 11.6 Å². The maximum atomic E-state index is 13.1. The monoisotopic (exact) mass is 311 g/mol. The molecule has 0 N–H and O–H groups in total. The van der Waals surface area contributed by atoms with Crippen LogP contribution in [0.4, 0.5) is 4.39 Å². The van der Waals surface area contributed by atoms with Gasteiger partial charge in [-0.15, -0.1) is 0 Å². The topological polar surface area (TPSA) is 33.5 Å². The molecule has 0 radical (unpaired) electrons. The van der Waals surface area contributed by atoms with Crippen LogP contribution in [0.5, 0.6) is 0 Å². The number of amides is 1. The van der Waals surface area contributed by atoms with E-state index in [0.717, 1.165) is 0 Å². The van der Waals surface area contributed by atoms with Crippen LogP contribution >= 0.6 is 15.9 Å². The molecule has 1 amide bonds. The zero-order valence-corrected chi connectivity index (χ0v) is 11.3. The second kappa shape index (κ2) is 5.35. The van der Waals surface area contributed by atoms with Gasteiger partial charge < -0.3 is 9.32 Å². The van der Waals surface area contributed by atoms with Gasteiger partial charge >= 0.3 is 0 Å². The van der Waals surface area contributed by atoms with E-state index in [2.05, 4.69) is 15.9 Å². The van der Waals surface area contributed by atoms with E-state index in [1.807, 2.05) is 0 Å². The van der Waals surface area contributed by atoms with Crippen molar-refractivity contribution in [3.8, 4) is 0 Å². The Labute approximate surface area is 112 Å². The molecule has 3 nitrogen and oxygen atoms in total. The minimum Gasteiger partial charge on any atom is -0.467 e. The van der Waals surface area contributed by atoms with Gasteiger partial charge in [-0.3, -0.25) is 4.79 Å². The Balaban J connectivity index is 2.17. The molecule has 0 unspecified atom stereocenters. The first-order valence-corrected chi connectivity index (χ1v) is 6.10. The van der Waals surface area contributed by atoms with Crippen molar-refractivity contribution in [2.24, 2.45) is 0 Å². The Kier molecular flexibility index (Phi) is 3.81. The van der Waals surface area contributed by atoms with Gasteiger partial charge in [-0.2, -0.15) is 0 Å². The minimum absolute atomic E-state index is 0.266. The Hall–Kier alpha value is -1.62. The van der Waals surface area contributed by atoms with Crippen LogP contribution in [0.15, 0.2) is 45.5 Å². The summed E-state index contributed by atoms with van der Waals surface area (Å²) < 4.78 is 18.9. The summed E-state index contributed by atoms with van der Waals surface area (Å²) in [5.74, 6) is -0.0240. The molecule has 0 fully saturated rings. The van der Waals surface area contributed by atoms with Gasteiger partial charge in [0.05, 0.1) is 18.4 Å². The number of carbonyl (C=O) groups is 1. The van der Waals surface area contributed by atoms with Crippen LogP contribution in [-0.2, 0) is 6.54 Å². The lowest BCUT2D eigenvalue weighted by molar-refractivity contribution is 0.0774. The van der Waals surface area contributed by atoms with E-state index >= 15 is 0 Å². The lowest BCUT2D eigenvalue weighted by atomic mass is 10.2. The molecule has 0 atom stereocenters. The van der Waals surface area contributed by atoms with E-state index in [1.165, 1.54) is 23.1 Å². The van der Waals surface area contributed by atoms with Crippen molar-refractivity contribution in [2.45, 2.75) is 6.54 Å². The van der Waals surface area contributed by atoms with Gasteiger partial charge in [-0.25, -0.2) is 4.39 Å². The molecule has 0 aliphatic carbocycles. The molecule has 18 heavy (non-hydrogen) atoms. The molecule has 0 aliphatic heterocycles. The van der Waals surface area contributed by atoms with Gasteiger partial charge in [-0.1, -0.05) is 0 Å². The Morgan fingerprint density at radius 2 is 2.22 bits per heavy atom. The molecule has 1 aromatic carbocycles. The van der Waals surface area contributed by atoms with E-state index in [0.29, 0.717) is 22.3 Å². The number of halogens is 2. The fraction of sp³-hybridized carbons (Fsp3) is 0.154. The van der Waals surface area contributed by atoms with Crippen LogP contribution in [0.1, 0.15) is 16.1 Å². The first kappa shape index (κ1) is 12.8. The van der Waals surface area contributed by atoms with Crippen molar-refractivity contribution in [2.75, 3.05) is 7.05 Å². The van der Waals surface area contributed by atoms with E-state index in [4.69, 9.17) is 4.42 Å². The number of carbonyl (C=O) groups excluding carboxylic acids is 1. The summed E-state index contributed by atoms with van der Waals surface area (Å²) in [6, 6.07) is 7.57. The SMILES string of the molecule is CN(Cc1ccco1)C(=O)c1cc(F)ccc1Br. The van der Waals surface area contributed by atoms with Crippen LogP contribution in [0.3, 0.4) is 0 Å². The van der Waals surface area contributed by atoms with Crippen LogP contribution in [-0.4, -0.2) is 17.9 Å². The molecule has 1 heterocycles. The Morgan fingerprint density at radius 1 is 1.44 bits per heavy atom. The van der Waals surface area contributed by atoms with E-state index < -0.39 is 5.82 Å². The first-order valence-electron chi connectivity index (χ1n) is 5.31. The van der Waals surface area contributed by atoms with Crippen molar-refractivity contribution in [1.29, 1.82) is 0 Å². The second-order valence-corrected chi connectivity index (χ2v) is 4.72. The lowest BCUT2D eigenvalue weighted by Gasteiger charge is -2.16. The molecule has 0 aliphatic rings. The number of hydrogen-bond acceptors (Lipinski definition) is 2. The maximum absolute atomic E-state index is 13.1. The highest BCUT2D eigenvalue weighted by Crippen LogP contribution is 2.20. The van der Waals surface area contributed by atoms with Crippen molar-refractivity contribution in [1.82, 2.24) is 4.90 Å². The Bertz CT molecular complexity index is 554. The van der Waals surface area contributed by atoms with E-state index in [1.54, 1.807) is 25.4 Å². The standard InChI is InChI=1S/C13H11BrFNO2/c1-16(8-10-3-2-6-18-10)13(17)11-7-9(15)4-5-12(11)14/h2-7H,8H2,1H3. The van der Waals surface area contributed by atoms with Crippen LogP contribution in [0, 0.1) is 5.82 Å². The molecular weight excluding hydrogens is 301 g/mol. The molecular formula is C13H11BrFNO2. The number of benzene rings is 1. The van der Waals surface area contributed by atoms with Gasteiger partial charge in [0.25, 0.3) is 5.91 Å². The average Bonchev–Trinajstić information content (AvgIpc) is 2.84. The normalized spacial score (nSPS) is 10.4. The fourth-order valence-corrected chi connectivity index (χ4v) is 1.99. The summed E-state index contributed by atoms with van der Waals surface area (Å²) in [6.45, 7) is 0.342. The van der Waals surface area contributed by atoms with E-state index in [9.17, 15) is 9.18 Å². The number of furan rings is 1. The summed E-state index contributed by atoms with van der Waals surface area (Å²) in [5.41, 5.74) is 0.295. The third kappa shape index (κ3) is 2.79. The summed E-state index contributed by atoms with van der Waals surface area (Å²) in [6.07, 6.45) is 1.55. The molecule has 2 aromatic rings. The lowest BCUT2D eigenvalue weighted by Crippen LogP contribution is -2.26. The van der Waals surface area contributed by atoms with Gasteiger partial charge in [0.2, 0.25) is 0 Å². The van der Waals surface area contributed by atoms with Crippen molar-refractivity contribution < 1.29 is 13.6 Å². The van der Waals surface area contributed by atoms with E-state index in [-0.39, 0.29) is 5.91 Å². The molecule has 5 heteroatoms. The van der Waals surface area contributed by atoms with Crippen LogP contribution in [0.2, 0.25) is 0 Å². The number of rotatable bonds is 3. The quantitative estimate of drug-likeness (QED) is 0.870. The zero-order valence-electron chi connectivity index (χ0n) is 9.69. The van der Waals surface area contributed by atoms with Crippen molar-refractivity contribution in [3.05, 3.63) is 58.2 Å². The minimum atomic E-state index is -0.437. The third-order valence-corrected chi connectivity index (χ3v) is 3.17. The van der Waals surface area contributed by atoms with Crippen molar-refractivity contribution >= 4 is 21.8 Å². The predicted molar refractivity (Wildman–Crippen MR) is 68.6 cm³/mol. The molecule has 0 bridgehead atoms. The van der Waals surface area contributed by atoms with Gasteiger partial charge in [0.15, 0.2) is 0 Å². The third-order valence-electron chi connectivity index (χ3n) is 2.48. The molecule has 94 valence electrons. The van der Waals surface area contributed by atoms with Crippen LogP contribution in [0.25, 0.3) is 0 Å². The summed E-state index contributed by atoms with van der Waals surface area (Å²) in [5, 5.41) is 0. The van der Waals surface area contributed by atoms with Crippen molar-refractivity contribution in [3.63, 3.8) is 0 Å². The first-order chi connectivity index (χ1) is 8.58.